The summed E-state index contributed by atoms with van der Waals surface area (Å²) in [6.07, 6.45) is 4.13. The van der Waals surface area contributed by atoms with Crippen LogP contribution in [-0.4, -0.2) is 29.8 Å². The molecule has 2 amide bonds. The number of nitrogens with zero attached hydrogens (tertiary/aromatic N) is 1. The Morgan fingerprint density at radius 3 is 2.55 bits per heavy atom. The molecule has 0 saturated carbocycles. The number of benzene rings is 1. The molecule has 0 aliphatic carbocycles. The van der Waals surface area contributed by atoms with Gasteiger partial charge in [0.15, 0.2) is 0 Å². The van der Waals surface area contributed by atoms with Gasteiger partial charge in [0.2, 0.25) is 5.91 Å². The average Bonchev–Trinajstić information content (AvgIpc) is 2.47. The van der Waals surface area contributed by atoms with E-state index in [2.05, 4.69) is 11.9 Å². The molecule has 0 unspecified atom stereocenters. The normalized spacial score (nSPS) is 14.8. The van der Waals surface area contributed by atoms with Gasteiger partial charge in [0.05, 0.1) is 5.56 Å². The molecule has 1 fully saturated rings. The molecule has 0 aromatic heterocycles. The van der Waals surface area contributed by atoms with Crippen molar-refractivity contribution in [3.63, 3.8) is 0 Å². The van der Waals surface area contributed by atoms with E-state index < -0.39 is 11.7 Å². The number of hydrogen-bond acceptors (Lipinski definition) is 2. The fraction of sp³-hybridized carbons (Fsp3) is 0.333. The second-order valence-electron chi connectivity index (χ2n) is 4.74. The van der Waals surface area contributed by atoms with Gasteiger partial charge < -0.3 is 10.2 Å². The fourth-order valence-electron chi connectivity index (χ4n) is 2.23. The molecule has 2 rings (SSSR count). The van der Waals surface area contributed by atoms with Crippen molar-refractivity contribution in [2.75, 3.05) is 18.4 Å². The number of nitrogens with one attached hydrogen (secondary N) is 1. The predicted molar refractivity (Wildman–Crippen MR) is 75.0 cm³/mol. The lowest BCUT2D eigenvalue weighted by Gasteiger charge is -2.26. The Labute approximate surface area is 117 Å². The lowest BCUT2D eigenvalue weighted by Crippen LogP contribution is -2.36. The summed E-state index contributed by atoms with van der Waals surface area (Å²) >= 11 is 0. The molecule has 1 aliphatic rings. The lowest BCUT2D eigenvalue weighted by atomic mass is 10.1. The van der Waals surface area contributed by atoms with Crippen molar-refractivity contribution in [2.24, 2.45) is 0 Å². The Hall–Kier alpha value is -2.17. The topological polar surface area (TPSA) is 49.4 Å². The van der Waals surface area contributed by atoms with Crippen molar-refractivity contribution >= 4 is 17.5 Å². The number of likely N-dealkylation sites (tertiary alicyclic amines) is 1. The summed E-state index contributed by atoms with van der Waals surface area (Å²) in [7, 11) is 0. The highest BCUT2D eigenvalue weighted by atomic mass is 19.1. The molecule has 0 atom stereocenters. The zero-order valence-electron chi connectivity index (χ0n) is 11.2. The maximum atomic E-state index is 14.0. The third kappa shape index (κ3) is 3.23. The predicted octanol–water partition coefficient (Wildman–Crippen LogP) is 2.58. The van der Waals surface area contributed by atoms with Crippen LogP contribution in [0.25, 0.3) is 0 Å². The SMILES string of the molecule is C=CC(=O)Nc1ccc(C(=O)N2CCCCC2)c(F)c1. The second kappa shape index (κ2) is 6.32. The summed E-state index contributed by atoms with van der Waals surface area (Å²) in [4.78, 5) is 25.0. The van der Waals surface area contributed by atoms with Crippen LogP contribution in [0.15, 0.2) is 30.9 Å². The maximum Gasteiger partial charge on any atom is 0.256 e. The summed E-state index contributed by atoms with van der Waals surface area (Å²) in [6, 6.07) is 4.07. The summed E-state index contributed by atoms with van der Waals surface area (Å²) in [5.41, 5.74) is 0.353. The summed E-state index contributed by atoms with van der Waals surface area (Å²) < 4.78 is 14.0. The minimum atomic E-state index is -0.623. The Balaban J connectivity index is 2.14. The van der Waals surface area contributed by atoms with Crippen LogP contribution in [0.4, 0.5) is 10.1 Å². The number of amides is 2. The maximum absolute atomic E-state index is 14.0. The zero-order chi connectivity index (χ0) is 14.5. The van der Waals surface area contributed by atoms with Crippen molar-refractivity contribution in [1.29, 1.82) is 0 Å². The first-order chi connectivity index (χ1) is 9.61. The fourth-order valence-corrected chi connectivity index (χ4v) is 2.23. The Kier molecular flexibility index (Phi) is 4.50. The van der Waals surface area contributed by atoms with Crippen LogP contribution in [0.5, 0.6) is 0 Å². The smallest absolute Gasteiger partial charge is 0.256 e. The quantitative estimate of drug-likeness (QED) is 0.863. The number of hydrogen-bond donors (Lipinski definition) is 1. The van der Waals surface area contributed by atoms with Gasteiger partial charge in [-0.15, -0.1) is 0 Å². The molecule has 0 radical (unpaired) electrons. The molecular formula is C15H17FN2O2. The Morgan fingerprint density at radius 1 is 1.25 bits per heavy atom. The van der Waals surface area contributed by atoms with Crippen LogP contribution in [0, 0.1) is 5.82 Å². The number of carbonyl (C=O) groups is 2. The van der Waals surface area contributed by atoms with Crippen molar-refractivity contribution in [3.05, 3.63) is 42.2 Å². The van der Waals surface area contributed by atoms with E-state index in [0.29, 0.717) is 18.8 Å². The number of rotatable bonds is 3. The van der Waals surface area contributed by atoms with E-state index in [9.17, 15) is 14.0 Å². The van der Waals surface area contributed by atoms with Gasteiger partial charge in [-0.1, -0.05) is 6.58 Å². The van der Waals surface area contributed by atoms with Crippen molar-refractivity contribution in [2.45, 2.75) is 19.3 Å². The zero-order valence-corrected chi connectivity index (χ0v) is 11.2. The van der Waals surface area contributed by atoms with Crippen molar-refractivity contribution in [1.82, 2.24) is 4.90 Å². The molecule has 20 heavy (non-hydrogen) atoms. The summed E-state index contributed by atoms with van der Waals surface area (Å²) in [6.45, 7) is 4.67. The molecule has 1 aliphatic heterocycles. The number of halogens is 1. The van der Waals surface area contributed by atoms with Gasteiger partial charge in [-0.3, -0.25) is 9.59 Å². The summed E-state index contributed by atoms with van der Waals surface area (Å²) in [5.74, 6) is -1.33. The van der Waals surface area contributed by atoms with Gasteiger partial charge in [0, 0.05) is 18.8 Å². The molecule has 106 valence electrons. The second-order valence-corrected chi connectivity index (χ2v) is 4.74. The molecule has 0 spiro atoms. The van der Waals surface area contributed by atoms with Crippen LogP contribution in [-0.2, 0) is 4.79 Å². The van der Waals surface area contributed by atoms with Crippen molar-refractivity contribution in [3.8, 4) is 0 Å². The first-order valence-corrected chi connectivity index (χ1v) is 6.64. The molecule has 0 bridgehead atoms. The summed E-state index contributed by atoms with van der Waals surface area (Å²) in [5, 5.41) is 2.46. The molecule has 1 aromatic carbocycles. The molecular weight excluding hydrogens is 259 g/mol. The largest absolute Gasteiger partial charge is 0.339 e. The van der Waals surface area contributed by atoms with Gasteiger partial charge in [0.1, 0.15) is 5.82 Å². The van der Waals surface area contributed by atoms with E-state index in [0.717, 1.165) is 31.4 Å². The minimum Gasteiger partial charge on any atom is -0.339 e. The highest BCUT2D eigenvalue weighted by molar-refractivity contribution is 5.99. The van der Waals surface area contributed by atoms with E-state index in [1.54, 1.807) is 4.90 Å². The number of carbonyl (C=O) groups excluding carboxylic acids is 2. The van der Waals surface area contributed by atoms with Gasteiger partial charge in [-0.25, -0.2) is 4.39 Å². The van der Waals surface area contributed by atoms with Crippen molar-refractivity contribution < 1.29 is 14.0 Å². The van der Waals surface area contributed by atoms with E-state index in [4.69, 9.17) is 0 Å². The number of piperidine rings is 1. The monoisotopic (exact) mass is 276 g/mol. The molecule has 1 aromatic rings. The highest BCUT2D eigenvalue weighted by Crippen LogP contribution is 2.18. The molecule has 1 heterocycles. The molecule has 1 N–H and O–H groups in total. The van der Waals surface area contributed by atoms with E-state index >= 15 is 0 Å². The van der Waals surface area contributed by atoms with Gasteiger partial charge in [-0.05, 0) is 43.5 Å². The molecule has 5 heteroatoms. The molecule has 4 nitrogen and oxygen atoms in total. The van der Waals surface area contributed by atoms with Crippen LogP contribution < -0.4 is 5.32 Å². The van der Waals surface area contributed by atoms with Crippen LogP contribution >= 0.6 is 0 Å². The third-order valence-electron chi connectivity index (χ3n) is 3.30. The van der Waals surface area contributed by atoms with E-state index in [-0.39, 0.29) is 11.5 Å². The van der Waals surface area contributed by atoms with Crippen LogP contribution in [0.2, 0.25) is 0 Å². The van der Waals surface area contributed by atoms with Gasteiger partial charge in [0.25, 0.3) is 5.91 Å². The van der Waals surface area contributed by atoms with Crippen LogP contribution in [0.1, 0.15) is 29.6 Å². The van der Waals surface area contributed by atoms with E-state index in [1.807, 2.05) is 0 Å². The Morgan fingerprint density at radius 2 is 1.95 bits per heavy atom. The van der Waals surface area contributed by atoms with Crippen LogP contribution in [0.3, 0.4) is 0 Å². The first kappa shape index (κ1) is 14.2. The molecule has 1 saturated heterocycles. The third-order valence-corrected chi connectivity index (χ3v) is 3.30. The lowest BCUT2D eigenvalue weighted by molar-refractivity contribution is -0.111. The first-order valence-electron chi connectivity index (χ1n) is 6.64. The van der Waals surface area contributed by atoms with E-state index in [1.165, 1.54) is 12.1 Å². The average molecular weight is 276 g/mol. The standard InChI is InChI=1S/C15H17FN2O2/c1-2-14(19)17-11-6-7-12(13(16)10-11)15(20)18-8-4-3-5-9-18/h2,6-7,10H,1,3-5,8-9H2,(H,17,19). The highest BCUT2D eigenvalue weighted by Gasteiger charge is 2.21. The van der Waals surface area contributed by atoms with Gasteiger partial charge in [-0.2, -0.15) is 0 Å². The van der Waals surface area contributed by atoms with Gasteiger partial charge >= 0.3 is 0 Å². The number of anilines is 1. The Bertz CT molecular complexity index is 537. The minimum absolute atomic E-state index is 0.0449.